The van der Waals surface area contributed by atoms with Crippen molar-refractivity contribution in [2.24, 2.45) is 28.6 Å². The van der Waals surface area contributed by atoms with Crippen molar-refractivity contribution in [3.63, 3.8) is 0 Å². The predicted molar refractivity (Wildman–Crippen MR) is 138 cm³/mol. The van der Waals surface area contributed by atoms with Crippen LogP contribution < -0.4 is 0 Å². The van der Waals surface area contributed by atoms with Crippen LogP contribution >= 0.6 is 11.8 Å². The van der Waals surface area contributed by atoms with Crippen LogP contribution in [0.1, 0.15) is 57.5 Å². The van der Waals surface area contributed by atoms with Gasteiger partial charge in [0.1, 0.15) is 18.3 Å². The van der Waals surface area contributed by atoms with E-state index in [4.69, 9.17) is 13.9 Å². The number of hydrogen-bond acceptors (Lipinski definition) is 8. The first kappa shape index (κ1) is 28.7. The van der Waals surface area contributed by atoms with Gasteiger partial charge in [0, 0.05) is 29.6 Å². The maximum Gasteiger partial charge on any atom is 0.375 e. The van der Waals surface area contributed by atoms with Crippen molar-refractivity contribution in [1.29, 1.82) is 0 Å². The zero-order chi connectivity index (χ0) is 29.3. The average Bonchev–Trinajstić information content (AvgIpc) is 3.49. The zero-order valence-corrected chi connectivity index (χ0v) is 23.4. The number of fused-ring (bicyclic) bond motifs is 5. The van der Waals surface area contributed by atoms with Gasteiger partial charge < -0.3 is 13.9 Å². The fraction of sp³-hybridized carbons (Fsp3) is 0.586. The molecule has 0 aromatic carbocycles. The average molecular weight is 581 g/mol. The fourth-order valence-electron chi connectivity index (χ4n) is 8.26. The SMILES string of the molecule is CC(=O)O[C@H]1C[C@@]2(C)C(C[C@@H](C)[C@]2(OC(=O)c2ccco2)C(=O)SCF)C2C[C@H](F)C3=CC(=O)C=C[C@]3(C)[C@]21F. The highest BCUT2D eigenvalue weighted by atomic mass is 32.2. The summed E-state index contributed by atoms with van der Waals surface area (Å²) in [5, 5.41) is -0.761. The molecule has 4 aliphatic rings. The Morgan fingerprint density at radius 2 is 1.93 bits per heavy atom. The van der Waals surface area contributed by atoms with Gasteiger partial charge in [-0.05, 0) is 73.7 Å². The molecule has 7 nitrogen and oxygen atoms in total. The third kappa shape index (κ3) is 3.72. The van der Waals surface area contributed by atoms with Gasteiger partial charge in [-0.25, -0.2) is 18.0 Å². The molecule has 40 heavy (non-hydrogen) atoms. The number of carbonyl (C=O) groups is 4. The van der Waals surface area contributed by atoms with Crippen molar-refractivity contribution in [1.82, 2.24) is 0 Å². The van der Waals surface area contributed by atoms with Crippen molar-refractivity contribution < 1.29 is 46.2 Å². The third-order valence-corrected chi connectivity index (χ3v) is 10.6. The molecule has 5 rings (SSSR count). The lowest BCUT2D eigenvalue weighted by molar-refractivity contribution is -0.231. The van der Waals surface area contributed by atoms with Gasteiger partial charge in [0.25, 0.3) is 0 Å². The Bertz CT molecular complexity index is 1310. The molecule has 0 saturated heterocycles. The van der Waals surface area contributed by atoms with Crippen LogP contribution in [0.25, 0.3) is 0 Å². The van der Waals surface area contributed by atoms with Crippen molar-refractivity contribution in [3.05, 3.63) is 48.0 Å². The number of ether oxygens (including phenoxy) is 2. The molecular formula is C29H31F3O7S. The quantitative estimate of drug-likeness (QED) is 0.421. The van der Waals surface area contributed by atoms with E-state index in [0.717, 1.165) is 13.0 Å². The van der Waals surface area contributed by atoms with Crippen LogP contribution in [-0.4, -0.2) is 52.4 Å². The van der Waals surface area contributed by atoms with Gasteiger partial charge in [-0.2, -0.15) is 0 Å². The first-order chi connectivity index (χ1) is 18.8. The largest absolute Gasteiger partial charge is 0.459 e. The third-order valence-electron chi connectivity index (χ3n) is 9.92. The fourth-order valence-corrected chi connectivity index (χ4v) is 9.05. The second-order valence-electron chi connectivity index (χ2n) is 11.7. The maximum absolute atomic E-state index is 18.0. The monoisotopic (exact) mass is 580 g/mol. The summed E-state index contributed by atoms with van der Waals surface area (Å²) in [5.41, 5.74) is -7.34. The minimum absolute atomic E-state index is 0.0230. The van der Waals surface area contributed by atoms with Gasteiger partial charge in [-0.1, -0.05) is 19.9 Å². The number of ketones is 1. The van der Waals surface area contributed by atoms with Crippen LogP contribution in [0, 0.1) is 28.6 Å². The van der Waals surface area contributed by atoms with Gasteiger partial charge in [-0.3, -0.25) is 14.4 Å². The Balaban J connectivity index is 1.69. The lowest BCUT2D eigenvalue weighted by Crippen LogP contribution is -2.71. The number of alkyl halides is 3. The Kier molecular flexibility index (Phi) is 6.91. The minimum atomic E-state index is -2.36. The molecule has 0 radical (unpaired) electrons. The standard InChI is InChI=1S/C29H31F3O7S/c1-15-10-18-19-12-21(31)20-11-17(34)7-8-26(20,3)28(19,32)23(38-16(2)33)13-27(18,4)29(15,25(36)40-14-30)39-24(35)22-6-5-9-37-22/h5-9,11,15,18-19,21,23H,10,12-14H2,1-4H3/t15-,18?,19?,21+,23+,26+,27+,28+,29+/m1/s1. The molecule has 0 N–H and O–H groups in total. The molecule has 11 heteroatoms. The van der Waals surface area contributed by atoms with Crippen molar-refractivity contribution in [2.75, 3.05) is 6.01 Å². The topological polar surface area (TPSA) is 99.9 Å². The molecule has 0 bridgehead atoms. The smallest absolute Gasteiger partial charge is 0.375 e. The first-order valence-corrected chi connectivity index (χ1v) is 14.2. The number of thioether (sulfide) groups is 1. The molecular weight excluding hydrogens is 549 g/mol. The minimum Gasteiger partial charge on any atom is -0.459 e. The maximum atomic E-state index is 18.0. The van der Waals surface area contributed by atoms with Crippen molar-refractivity contribution in [2.45, 2.75) is 70.5 Å². The second-order valence-corrected chi connectivity index (χ2v) is 12.6. The molecule has 2 unspecified atom stereocenters. The Labute approximate surface area is 233 Å². The Morgan fingerprint density at radius 1 is 1.20 bits per heavy atom. The van der Waals surface area contributed by atoms with E-state index in [1.165, 1.54) is 37.5 Å². The van der Waals surface area contributed by atoms with E-state index >= 15 is 8.78 Å². The summed E-state index contributed by atoms with van der Waals surface area (Å²) in [6, 6.07) is 1.74. The molecule has 216 valence electrons. The summed E-state index contributed by atoms with van der Waals surface area (Å²) < 4.78 is 64.2. The van der Waals surface area contributed by atoms with Crippen molar-refractivity contribution >= 4 is 34.6 Å². The van der Waals surface area contributed by atoms with E-state index in [9.17, 15) is 23.6 Å². The van der Waals surface area contributed by atoms with Crippen LogP contribution in [0.2, 0.25) is 0 Å². The molecule has 0 amide bonds. The Hall–Kier alpha value is -2.82. The summed E-state index contributed by atoms with van der Waals surface area (Å²) in [4.78, 5) is 51.5. The molecule has 0 aliphatic heterocycles. The van der Waals surface area contributed by atoms with Crippen LogP contribution in [0.15, 0.2) is 46.6 Å². The van der Waals surface area contributed by atoms with E-state index < -0.39 is 81.0 Å². The number of hydrogen-bond donors (Lipinski definition) is 0. The summed E-state index contributed by atoms with van der Waals surface area (Å²) >= 11 is 0.340. The molecule has 3 saturated carbocycles. The van der Waals surface area contributed by atoms with Gasteiger partial charge >= 0.3 is 11.9 Å². The number of carbonyl (C=O) groups excluding carboxylic acids is 4. The van der Waals surface area contributed by atoms with E-state index in [1.54, 1.807) is 13.8 Å². The highest BCUT2D eigenvalue weighted by Crippen LogP contribution is 2.72. The molecule has 4 aliphatic carbocycles. The Morgan fingerprint density at radius 3 is 2.55 bits per heavy atom. The van der Waals surface area contributed by atoms with E-state index in [0.29, 0.717) is 11.8 Å². The van der Waals surface area contributed by atoms with Gasteiger partial charge in [0.2, 0.25) is 10.9 Å². The highest BCUT2D eigenvalue weighted by Gasteiger charge is 2.79. The lowest BCUT2D eigenvalue weighted by atomic mass is 9.44. The van der Waals surface area contributed by atoms with Gasteiger partial charge in [-0.15, -0.1) is 0 Å². The molecule has 0 spiro atoms. The van der Waals surface area contributed by atoms with E-state index in [1.807, 2.05) is 0 Å². The first-order valence-electron chi connectivity index (χ1n) is 13.2. The van der Waals surface area contributed by atoms with Crippen LogP contribution in [0.5, 0.6) is 0 Å². The van der Waals surface area contributed by atoms with Gasteiger partial charge in [0.15, 0.2) is 17.1 Å². The van der Waals surface area contributed by atoms with Crippen LogP contribution in [-0.2, 0) is 23.9 Å². The van der Waals surface area contributed by atoms with E-state index in [2.05, 4.69) is 0 Å². The predicted octanol–water partition coefficient (Wildman–Crippen LogP) is 5.50. The summed E-state index contributed by atoms with van der Waals surface area (Å²) in [6.45, 7) is 5.92. The zero-order valence-electron chi connectivity index (χ0n) is 22.6. The molecule has 3 fully saturated rings. The van der Waals surface area contributed by atoms with Crippen molar-refractivity contribution in [3.8, 4) is 0 Å². The lowest BCUT2D eigenvalue weighted by Gasteiger charge is -2.63. The van der Waals surface area contributed by atoms with Gasteiger partial charge in [0.05, 0.1) is 6.26 Å². The number of halogens is 3. The van der Waals surface area contributed by atoms with Crippen LogP contribution in [0.3, 0.4) is 0 Å². The molecule has 1 heterocycles. The normalized spacial score (nSPS) is 41.8. The number of furan rings is 1. The summed E-state index contributed by atoms with van der Waals surface area (Å²) in [7, 11) is 0. The second kappa shape index (κ2) is 9.63. The van der Waals surface area contributed by atoms with Crippen LogP contribution in [0.4, 0.5) is 13.2 Å². The number of esters is 2. The summed E-state index contributed by atoms with van der Waals surface area (Å²) in [5.74, 6) is -4.93. The molecule has 1 aromatic rings. The summed E-state index contributed by atoms with van der Waals surface area (Å²) in [6.07, 6.45) is 1.28. The van der Waals surface area contributed by atoms with E-state index in [-0.39, 0.29) is 30.6 Å². The molecule has 9 atom stereocenters. The number of allylic oxidation sites excluding steroid dienone is 4. The highest BCUT2D eigenvalue weighted by molar-refractivity contribution is 8.13. The molecule has 1 aromatic heterocycles. The number of rotatable bonds is 5.